The van der Waals surface area contributed by atoms with E-state index >= 15 is 0 Å². The van der Waals surface area contributed by atoms with Crippen LogP contribution in [0.15, 0.2) is 23.6 Å². The molecule has 0 spiro atoms. The van der Waals surface area contributed by atoms with Crippen LogP contribution < -0.4 is 0 Å². The molecule has 0 amide bonds. The molecule has 1 aliphatic rings. The minimum atomic E-state index is -3.58. The zero-order chi connectivity index (χ0) is 14.9. The third-order valence-corrected chi connectivity index (χ3v) is 5.19. The van der Waals surface area contributed by atoms with Crippen molar-refractivity contribution in [1.82, 2.24) is 28.9 Å². The SMILES string of the molecule is O=S(=O)(c1cnn(CCCO)c1)N1CCn2cnnc2C1. The second kappa shape index (κ2) is 5.54. The van der Waals surface area contributed by atoms with Crippen LogP contribution in [0.4, 0.5) is 0 Å². The van der Waals surface area contributed by atoms with Gasteiger partial charge in [-0.15, -0.1) is 10.2 Å². The lowest BCUT2D eigenvalue weighted by Crippen LogP contribution is -2.38. The van der Waals surface area contributed by atoms with E-state index in [1.165, 1.54) is 21.4 Å². The van der Waals surface area contributed by atoms with Crippen LogP contribution in [0.5, 0.6) is 0 Å². The van der Waals surface area contributed by atoms with Gasteiger partial charge in [-0.1, -0.05) is 0 Å². The highest BCUT2D eigenvalue weighted by molar-refractivity contribution is 7.89. The van der Waals surface area contributed by atoms with Gasteiger partial charge >= 0.3 is 0 Å². The molecule has 0 atom stereocenters. The Balaban J connectivity index is 1.79. The summed E-state index contributed by atoms with van der Waals surface area (Å²) in [5, 5.41) is 20.5. The summed E-state index contributed by atoms with van der Waals surface area (Å²) in [5.74, 6) is 0.637. The van der Waals surface area contributed by atoms with Gasteiger partial charge in [-0.2, -0.15) is 9.40 Å². The van der Waals surface area contributed by atoms with Gasteiger partial charge in [-0.05, 0) is 6.42 Å². The van der Waals surface area contributed by atoms with Gasteiger partial charge in [0.25, 0.3) is 0 Å². The first-order valence-electron chi connectivity index (χ1n) is 6.61. The molecular weight excluding hydrogens is 296 g/mol. The molecule has 21 heavy (non-hydrogen) atoms. The Morgan fingerprint density at radius 1 is 1.33 bits per heavy atom. The highest BCUT2D eigenvalue weighted by atomic mass is 32.2. The molecule has 0 aromatic carbocycles. The lowest BCUT2D eigenvalue weighted by molar-refractivity contribution is 0.277. The molecule has 2 aromatic rings. The van der Waals surface area contributed by atoms with Crippen LogP contribution in [-0.2, 0) is 29.7 Å². The lowest BCUT2D eigenvalue weighted by Gasteiger charge is -2.25. The van der Waals surface area contributed by atoms with Gasteiger partial charge in [0.1, 0.15) is 17.0 Å². The summed E-state index contributed by atoms with van der Waals surface area (Å²) in [6.45, 7) is 1.67. The highest BCUT2D eigenvalue weighted by Gasteiger charge is 2.30. The molecule has 0 bridgehead atoms. The van der Waals surface area contributed by atoms with Crippen molar-refractivity contribution in [2.75, 3.05) is 13.2 Å². The smallest absolute Gasteiger partial charge is 0.246 e. The van der Waals surface area contributed by atoms with Gasteiger partial charge < -0.3 is 9.67 Å². The van der Waals surface area contributed by atoms with E-state index in [9.17, 15) is 8.42 Å². The maximum absolute atomic E-state index is 12.6. The molecule has 10 heteroatoms. The number of aliphatic hydroxyl groups is 1. The molecule has 3 heterocycles. The minimum Gasteiger partial charge on any atom is -0.396 e. The minimum absolute atomic E-state index is 0.0454. The molecule has 9 nitrogen and oxygen atoms in total. The number of sulfonamides is 1. The van der Waals surface area contributed by atoms with Gasteiger partial charge in [0.05, 0.1) is 12.7 Å². The largest absolute Gasteiger partial charge is 0.396 e. The van der Waals surface area contributed by atoms with E-state index in [1.807, 2.05) is 4.57 Å². The van der Waals surface area contributed by atoms with Crippen LogP contribution in [0, 0.1) is 0 Å². The summed E-state index contributed by atoms with van der Waals surface area (Å²) >= 11 is 0. The summed E-state index contributed by atoms with van der Waals surface area (Å²) in [7, 11) is -3.58. The first-order chi connectivity index (χ1) is 10.1. The van der Waals surface area contributed by atoms with Crippen LogP contribution in [-0.4, -0.2) is 55.5 Å². The molecular formula is C11H16N6O3S. The third kappa shape index (κ3) is 2.69. The van der Waals surface area contributed by atoms with Crippen molar-refractivity contribution in [3.8, 4) is 0 Å². The van der Waals surface area contributed by atoms with Gasteiger partial charge in [0, 0.05) is 32.4 Å². The van der Waals surface area contributed by atoms with E-state index < -0.39 is 10.0 Å². The summed E-state index contributed by atoms with van der Waals surface area (Å²) in [6.07, 6.45) is 4.97. The fourth-order valence-electron chi connectivity index (χ4n) is 2.23. The molecule has 0 radical (unpaired) electrons. The molecule has 0 unspecified atom stereocenters. The maximum atomic E-state index is 12.6. The number of nitrogens with zero attached hydrogens (tertiary/aromatic N) is 6. The summed E-state index contributed by atoms with van der Waals surface area (Å²) in [6, 6.07) is 0. The predicted molar refractivity (Wildman–Crippen MR) is 71.5 cm³/mol. The molecule has 0 saturated heterocycles. The van der Waals surface area contributed by atoms with Gasteiger partial charge in [0.2, 0.25) is 10.0 Å². The van der Waals surface area contributed by atoms with E-state index in [-0.39, 0.29) is 18.0 Å². The van der Waals surface area contributed by atoms with E-state index in [0.717, 1.165) is 0 Å². The first-order valence-corrected chi connectivity index (χ1v) is 8.05. The van der Waals surface area contributed by atoms with E-state index in [4.69, 9.17) is 5.11 Å². The summed E-state index contributed by atoms with van der Waals surface area (Å²) < 4.78 is 29.9. The summed E-state index contributed by atoms with van der Waals surface area (Å²) in [4.78, 5) is 0.161. The third-order valence-electron chi connectivity index (χ3n) is 3.40. The average Bonchev–Trinajstić information content (AvgIpc) is 3.13. The monoisotopic (exact) mass is 312 g/mol. The van der Waals surface area contributed by atoms with Gasteiger partial charge in [-0.25, -0.2) is 8.42 Å². The zero-order valence-electron chi connectivity index (χ0n) is 11.3. The molecule has 3 rings (SSSR count). The van der Waals surface area contributed by atoms with Crippen molar-refractivity contribution in [2.24, 2.45) is 0 Å². The van der Waals surface area contributed by atoms with Crippen molar-refractivity contribution in [3.63, 3.8) is 0 Å². The Morgan fingerprint density at radius 2 is 2.19 bits per heavy atom. The van der Waals surface area contributed by atoms with Crippen LogP contribution in [0.25, 0.3) is 0 Å². The number of rotatable bonds is 5. The van der Waals surface area contributed by atoms with Crippen molar-refractivity contribution in [3.05, 3.63) is 24.5 Å². The molecule has 0 fully saturated rings. The molecule has 0 saturated carbocycles. The normalized spacial score (nSPS) is 16.0. The van der Waals surface area contributed by atoms with Crippen molar-refractivity contribution < 1.29 is 13.5 Å². The number of aromatic nitrogens is 5. The Hall–Kier alpha value is -1.78. The van der Waals surface area contributed by atoms with E-state index in [0.29, 0.717) is 31.9 Å². The highest BCUT2D eigenvalue weighted by Crippen LogP contribution is 2.20. The standard InChI is InChI=1S/C11H16N6O3S/c18-5-1-2-16-7-10(6-13-16)21(19,20)17-4-3-15-9-12-14-11(15)8-17/h6-7,9,18H,1-5,8H2. The van der Waals surface area contributed by atoms with Crippen LogP contribution in [0.3, 0.4) is 0 Å². The predicted octanol–water partition coefficient (Wildman–Crippen LogP) is -0.938. The Labute approximate surface area is 121 Å². The van der Waals surface area contributed by atoms with Crippen molar-refractivity contribution >= 4 is 10.0 Å². The topological polar surface area (TPSA) is 106 Å². The summed E-state index contributed by atoms with van der Waals surface area (Å²) in [5.41, 5.74) is 0. The molecule has 1 aliphatic heterocycles. The van der Waals surface area contributed by atoms with E-state index in [1.54, 1.807) is 6.33 Å². The molecule has 2 aromatic heterocycles. The molecule has 114 valence electrons. The fourth-order valence-corrected chi connectivity index (χ4v) is 3.57. The fraction of sp³-hybridized carbons (Fsp3) is 0.545. The van der Waals surface area contributed by atoms with Crippen LogP contribution in [0.2, 0.25) is 0 Å². The van der Waals surface area contributed by atoms with Crippen LogP contribution >= 0.6 is 0 Å². The number of hydrogen-bond acceptors (Lipinski definition) is 6. The number of fused-ring (bicyclic) bond motifs is 1. The first kappa shape index (κ1) is 14.2. The lowest BCUT2D eigenvalue weighted by atomic mass is 10.4. The maximum Gasteiger partial charge on any atom is 0.246 e. The quantitative estimate of drug-likeness (QED) is 0.764. The number of aryl methyl sites for hydroxylation is 1. The zero-order valence-corrected chi connectivity index (χ0v) is 12.1. The van der Waals surface area contributed by atoms with Gasteiger partial charge in [-0.3, -0.25) is 4.68 Å². The van der Waals surface area contributed by atoms with Crippen LogP contribution in [0.1, 0.15) is 12.2 Å². The second-order valence-electron chi connectivity index (χ2n) is 4.80. The Bertz CT molecular complexity index is 722. The van der Waals surface area contributed by atoms with Crippen molar-refractivity contribution in [2.45, 2.75) is 31.0 Å². The van der Waals surface area contributed by atoms with Crippen molar-refractivity contribution in [1.29, 1.82) is 0 Å². The average molecular weight is 312 g/mol. The molecule has 1 N–H and O–H groups in total. The number of hydrogen-bond donors (Lipinski definition) is 1. The second-order valence-corrected chi connectivity index (χ2v) is 6.73. The van der Waals surface area contributed by atoms with E-state index in [2.05, 4.69) is 15.3 Å². The Morgan fingerprint density at radius 3 is 3.00 bits per heavy atom. The number of aliphatic hydroxyl groups excluding tert-OH is 1. The van der Waals surface area contributed by atoms with Gasteiger partial charge in [0.15, 0.2) is 0 Å². The molecule has 0 aliphatic carbocycles. The Kier molecular flexibility index (Phi) is 3.74.